The van der Waals surface area contributed by atoms with Crippen LogP contribution in [0.3, 0.4) is 0 Å². The van der Waals surface area contributed by atoms with Crippen molar-refractivity contribution in [2.45, 2.75) is 6.54 Å². The third kappa shape index (κ3) is 3.06. The lowest BCUT2D eigenvalue weighted by molar-refractivity contribution is 0.0779. The number of hydrogen-bond acceptors (Lipinski definition) is 2. The second kappa shape index (κ2) is 6.26. The number of nitrogens with zero attached hydrogens (tertiary/aromatic N) is 2. The Balaban J connectivity index is 1.74. The lowest BCUT2D eigenvalue weighted by Gasteiger charge is -2.16. The summed E-state index contributed by atoms with van der Waals surface area (Å²) >= 11 is 0. The number of aromatic amines is 1. The Labute approximate surface area is 129 Å². The third-order valence-electron chi connectivity index (χ3n) is 3.49. The molecule has 0 spiro atoms. The quantitative estimate of drug-likeness (QED) is 0.801. The van der Waals surface area contributed by atoms with E-state index < -0.39 is 0 Å². The lowest BCUT2D eigenvalue weighted by Crippen LogP contribution is -2.26. The molecule has 3 rings (SSSR count). The first-order valence-electron chi connectivity index (χ1n) is 7.14. The number of benzene rings is 2. The number of rotatable bonds is 4. The monoisotopic (exact) mass is 291 g/mol. The summed E-state index contributed by atoms with van der Waals surface area (Å²) in [4.78, 5) is 14.1. The maximum atomic E-state index is 12.4. The molecule has 4 heteroatoms. The number of carbonyl (C=O) groups excluding carboxylic acids is 1. The van der Waals surface area contributed by atoms with E-state index in [0.717, 1.165) is 16.8 Å². The second-order valence-electron chi connectivity index (χ2n) is 5.18. The highest BCUT2D eigenvalue weighted by Gasteiger charge is 2.15. The first-order valence-corrected chi connectivity index (χ1v) is 7.14. The molecule has 0 aliphatic heterocycles. The number of hydrogen-bond donors (Lipinski definition) is 1. The molecule has 1 aromatic heterocycles. The van der Waals surface area contributed by atoms with Gasteiger partial charge in [0.2, 0.25) is 0 Å². The standard InChI is InChI=1S/C18H17N3O/c1-21(13-14-8-4-2-5-9-14)18(22)17-12-16(19-20-17)15-10-6-3-7-11-15/h2-12H,13H2,1H3,(H,19,20). The predicted octanol–water partition coefficient (Wildman–Crippen LogP) is 3.35. The van der Waals surface area contributed by atoms with Gasteiger partial charge in [0.25, 0.3) is 5.91 Å². The zero-order valence-electron chi connectivity index (χ0n) is 12.4. The SMILES string of the molecule is CN(Cc1ccccc1)C(=O)c1cc(-c2ccccc2)n[nH]1. The molecule has 0 aliphatic carbocycles. The van der Waals surface area contributed by atoms with Gasteiger partial charge in [-0.05, 0) is 11.6 Å². The van der Waals surface area contributed by atoms with Crippen molar-refractivity contribution >= 4 is 5.91 Å². The Hall–Kier alpha value is -2.88. The Bertz CT molecular complexity index is 750. The number of nitrogens with one attached hydrogen (secondary N) is 1. The first-order chi connectivity index (χ1) is 10.7. The van der Waals surface area contributed by atoms with E-state index in [4.69, 9.17) is 0 Å². The van der Waals surface area contributed by atoms with Crippen molar-refractivity contribution in [1.29, 1.82) is 0 Å². The van der Waals surface area contributed by atoms with Crippen LogP contribution in [0.15, 0.2) is 66.7 Å². The van der Waals surface area contributed by atoms with Crippen molar-refractivity contribution < 1.29 is 4.79 Å². The zero-order chi connectivity index (χ0) is 15.4. The van der Waals surface area contributed by atoms with Crippen LogP contribution in [-0.2, 0) is 6.54 Å². The van der Waals surface area contributed by atoms with Crippen LogP contribution in [0.4, 0.5) is 0 Å². The summed E-state index contributed by atoms with van der Waals surface area (Å²) in [6.07, 6.45) is 0. The smallest absolute Gasteiger partial charge is 0.271 e. The van der Waals surface area contributed by atoms with Crippen LogP contribution in [0.2, 0.25) is 0 Å². The summed E-state index contributed by atoms with van der Waals surface area (Å²) in [5.41, 5.74) is 3.36. The molecule has 0 saturated heterocycles. The van der Waals surface area contributed by atoms with Gasteiger partial charge in [0.1, 0.15) is 5.69 Å². The van der Waals surface area contributed by atoms with Crippen molar-refractivity contribution in [3.63, 3.8) is 0 Å². The van der Waals surface area contributed by atoms with E-state index in [1.54, 1.807) is 18.0 Å². The van der Waals surface area contributed by atoms with E-state index in [0.29, 0.717) is 12.2 Å². The summed E-state index contributed by atoms with van der Waals surface area (Å²) in [6.45, 7) is 0.569. The van der Waals surface area contributed by atoms with Crippen molar-refractivity contribution in [2.24, 2.45) is 0 Å². The molecule has 1 amide bonds. The van der Waals surface area contributed by atoms with Gasteiger partial charge in [0, 0.05) is 19.2 Å². The fourth-order valence-corrected chi connectivity index (χ4v) is 2.32. The van der Waals surface area contributed by atoms with Gasteiger partial charge < -0.3 is 4.90 Å². The average Bonchev–Trinajstić information content (AvgIpc) is 3.06. The van der Waals surface area contributed by atoms with Gasteiger partial charge in [-0.25, -0.2) is 0 Å². The molecule has 1 heterocycles. The van der Waals surface area contributed by atoms with Crippen LogP contribution in [-0.4, -0.2) is 28.1 Å². The Kier molecular flexibility index (Phi) is 4.01. The topological polar surface area (TPSA) is 49.0 Å². The molecule has 0 atom stereocenters. The van der Waals surface area contributed by atoms with Crippen LogP contribution < -0.4 is 0 Å². The summed E-state index contributed by atoms with van der Waals surface area (Å²) in [6, 6.07) is 21.5. The number of aromatic nitrogens is 2. The Morgan fingerprint density at radius 2 is 1.68 bits per heavy atom. The molecule has 0 bridgehead atoms. The van der Waals surface area contributed by atoms with Crippen LogP contribution in [0.5, 0.6) is 0 Å². The normalized spacial score (nSPS) is 10.4. The number of carbonyl (C=O) groups is 1. The minimum Gasteiger partial charge on any atom is -0.336 e. The summed E-state index contributed by atoms with van der Waals surface area (Å²) in [7, 11) is 1.79. The van der Waals surface area contributed by atoms with Crippen molar-refractivity contribution in [2.75, 3.05) is 7.05 Å². The van der Waals surface area contributed by atoms with Gasteiger partial charge in [0.05, 0.1) is 5.69 Å². The summed E-state index contributed by atoms with van der Waals surface area (Å²) in [5.74, 6) is -0.0708. The molecule has 1 N–H and O–H groups in total. The van der Waals surface area contributed by atoms with Crippen molar-refractivity contribution in [3.8, 4) is 11.3 Å². The molecule has 110 valence electrons. The Morgan fingerprint density at radius 3 is 2.36 bits per heavy atom. The predicted molar refractivity (Wildman–Crippen MR) is 86.3 cm³/mol. The van der Waals surface area contributed by atoms with Crippen molar-refractivity contribution in [1.82, 2.24) is 15.1 Å². The van der Waals surface area contributed by atoms with Crippen LogP contribution >= 0.6 is 0 Å². The van der Waals surface area contributed by atoms with E-state index in [-0.39, 0.29) is 5.91 Å². The van der Waals surface area contributed by atoms with E-state index in [1.165, 1.54) is 0 Å². The largest absolute Gasteiger partial charge is 0.336 e. The molecule has 4 nitrogen and oxygen atoms in total. The van der Waals surface area contributed by atoms with Crippen molar-refractivity contribution in [3.05, 3.63) is 78.0 Å². The highest BCUT2D eigenvalue weighted by atomic mass is 16.2. The summed E-state index contributed by atoms with van der Waals surface area (Å²) in [5, 5.41) is 7.05. The first kappa shape index (κ1) is 14.1. The molecule has 0 radical (unpaired) electrons. The van der Waals surface area contributed by atoms with Gasteiger partial charge in [-0.15, -0.1) is 0 Å². The van der Waals surface area contributed by atoms with Crippen LogP contribution in [0, 0.1) is 0 Å². The highest BCUT2D eigenvalue weighted by molar-refractivity contribution is 5.93. The van der Waals surface area contributed by atoms with E-state index >= 15 is 0 Å². The Morgan fingerprint density at radius 1 is 1.05 bits per heavy atom. The maximum Gasteiger partial charge on any atom is 0.271 e. The number of H-pyrrole nitrogens is 1. The minimum absolute atomic E-state index is 0.0708. The zero-order valence-corrected chi connectivity index (χ0v) is 12.4. The molecule has 0 unspecified atom stereocenters. The molecular weight excluding hydrogens is 274 g/mol. The van der Waals surface area contributed by atoms with Gasteiger partial charge in [-0.3, -0.25) is 9.89 Å². The maximum absolute atomic E-state index is 12.4. The van der Waals surface area contributed by atoms with Crippen LogP contribution in [0.25, 0.3) is 11.3 Å². The minimum atomic E-state index is -0.0708. The fourth-order valence-electron chi connectivity index (χ4n) is 2.32. The second-order valence-corrected chi connectivity index (χ2v) is 5.18. The van der Waals surface area contributed by atoms with E-state index in [2.05, 4.69) is 10.2 Å². The van der Waals surface area contributed by atoms with Gasteiger partial charge >= 0.3 is 0 Å². The fraction of sp³-hybridized carbons (Fsp3) is 0.111. The number of amides is 1. The molecule has 0 saturated carbocycles. The molecular formula is C18H17N3O. The molecule has 22 heavy (non-hydrogen) atoms. The van der Waals surface area contributed by atoms with E-state index in [9.17, 15) is 4.79 Å². The lowest BCUT2D eigenvalue weighted by atomic mass is 10.1. The molecule has 2 aromatic carbocycles. The van der Waals surface area contributed by atoms with Gasteiger partial charge in [0.15, 0.2) is 0 Å². The van der Waals surface area contributed by atoms with Gasteiger partial charge in [-0.2, -0.15) is 5.10 Å². The average molecular weight is 291 g/mol. The third-order valence-corrected chi connectivity index (χ3v) is 3.49. The van der Waals surface area contributed by atoms with E-state index in [1.807, 2.05) is 60.7 Å². The molecule has 0 aliphatic rings. The highest BCUT2D eigenvalue weighted by Crippen LogP contribution is 2.17. The van der Waals surface area contributed by atoms with Gasteiger partial charge in [-0.1, -0.05) is 60.7 Å². The summed E-state index contributed by atoms with van der Waals surface area (Å²) < 4.78 is 0. The molecule has 3 aromatic rings. The van der Waals surface area contributed by atoms with Crippen LogP contribution in [0.1, 0.15) is 16.1 Å². The molecule has 0 fully saturated rings.